The molecule has 2 atom stereocenters. The van der Waals surface area contributed by atoms with Crippen molar-refractivity contribution >= 4 is 23.5 Å². The minimum absolute atomic E-state index is 0.0647. The molecule has 0 saturated carbocycles. The molecule has 1 saturated heterocycles. The molecule has 152 valence electrons. The summed E-state index contributed by atoms with van der Waals surface area (Å²) < 4.78 is 47.0. The fourth-order valence-electron chi connectivity index (χ4n) is 2.79. The van der Waals surface area contributed by atoms with E-state index in [-0.39, 0.29) is 24.4 Å². The van der Waals surface area contributed by atoms with Crippen LogP contribution >= 0.6 is 11.6 Å². The molecule has 1 aliphatic heterocycles. The van der Waals surface area contributed by atoms with Gasteiger partial charge in [0.1, 0.15) is 12.6 Å². The van der Waals surface area contributed by atoms with Gasteiger partial charge in [-0.25, -0.2) is 0 Å². The third kappa shape index (κ3) is 5.35. The van der Waals surface area contributed by atoms with Gasteiger partial charge in [-0.05, 0) is 37.6 Å². The van der Waals surface area contributed by atoms with Crippen LogP contribution in [0.3, 0.4) is 0 Å². The summed E-state index contributed by atoms with van der Waals surface area (Å²) in [5, 5.41) is 11.2. The number of alkyl halides is 3. The fraction of sp³-hybridized carbons (Fsp3) is 0.471. The molecule has 28 heavy (non-hydrogen) atoms. The minimum atomic E-state index is -4.38. The molecule has 1 amide bonds. The lowest BCUT2D eigenvalue weighted by molar-refractivity contribution is -0.183. The van der Waals surface area contributed by atoms with Crippen molar-refractivity contribution in [3.05, 3.63) is 29.3 Å². The fourth-order valence-corrected chi connectivity index (χ4v) is 2.91. The summed E-state index contributed by atoms with van der Waals surface area (Å²) in [5.74, 6) is -0.0232. The van der Waals surface area contributed by atoms with E-state index in [1.54, 1.807) is 31.2 Å². The van der Waals surface area contributed by atoms with Crippen molar-refractivity contribution in [2.75, 3.05) is 25.0 Å². The number of likely N-dealkylation sites (tertiary alicyclic amines) is 1. The van der Waals surface area contributed by atoms with Crippen LogP contribution in [-0.4, -0.2) is 59.0 Å². The first-order valence-electron chi connectivity index (χ1n) is 8.54. The number of hydrogen-bond acceptors (Lipinski definition) is 6. The molecule has 2 aromatic rings. The number of rotatable bonds is 6. The zero-order valence-corrected chi connectivity index (χ0v) is 15.6. The maximum absolute atomic E-state index is 12.5. The molecule has 1 fully saturated rings. The van der Waals surface area contributed by atoms with Crippen LogP contribution in [0, 0.1) is 0 Å². The van der Waals surface area contributed by atoms with Crippen LogP contribution in [0.5, 0.6) is 0 Å². The summed E-state index contributed by atoms with van der Waals surface area (Å²) in [5.41, 5.74) is 0.674. The van der Waals surface area contributed by atoms with Gasteiger partial charge in [-0.15, -0.1) is 5.10 Å². The molecule has 3 rings (SSSR count). The Hall–Kier alpha value is -2.33. The molecular weight excluding hydrogens is 401 g/mol. The summed E-state index contributed by atoms with van der Waals surface area (Å²) in [7, 11) is 0. The molecule has 0 radical (unpaired) electrons. The number of nitrogens with zero attached hydrogens (tertiary/aromatic N) is 3. The van der Waals surface area contributed by atoms with Gasteiger partial charge in [0.25, 0.3) is 0 Å². The van der Waals surface area contributed by atoms with Crippen molar-refractivity contribution in [3.8, 4) is 11.5 Å². The second-order valence-corrected chi connectivity index (χ2v) is 6.84. The van der Waals surface area contributed by atoms with Gasteiger partial charge in [-0.2, -0.15) is 13.2 Å². The average molecular weight is 419 g/mol. The van der Waals surface area contributed by atoms with Crippen molar-refractivity contribution in [2.24, 2.45) is 0 Å². The van der Waals surface area contributed by atoms with Gasteiger partial charge < -0.3 is 19.4 Å². The van der Waals surface area contributed by atoms with Gasteiger partial charge in [-0.1, -0.05) is 16.7 Å². The van der Waals surface area contributed by atoms with E-state index in [2.05, 4.69) is 15.5 Å². The predicted molar refractivity (Wildman–Crippen MR) is 94.8 cm³/mol. The first kappa shape index (κ1) is 20.4. The Labute approximate surface area is 163 Å². The number of nitrogens with one attached hydrogen (secondary N) is 1. The molecule has 1 aliphatic rings. The first-order chi connectivity index (χ1) is 13.2. The lowest BCUT2D eigenvalue weighted by atomic mass is 10.2. The van der Waals surface area contributed by atoms with E-state index >= 15 is 0 Å². The molecule has 0 aliphatic carbocycles. The molecule has 0 spiro atoms. The van der Waals surface area contributed by atoms with Gasteiger partial charge in [0.2, 0.25) is 11.8 Å². The number of aromatic nitrogens is 2. The van der Waals surface area contributed by atoms with E-state index in [4.69, 9.17) is 20.8 Å². The number of halogens is 4. The van der Waals surface area contributed by atoms with Gasteiger partial charge in [-0.3, -0.25) is 4.79 Å². The van der Waals surface area contributed by atoms with Crippen LogP contribution in [0.25, 0.3) is 11.5 Å². The van der Waals surface area contributed by atoms with Crippen LogP contribution in [0.1, 0.15) is 13.3 Å². The highest BCUT2D eigenvalue weighted by atomic mass is 35.5. The van der Waals surface area contributed by atoms with Crippen LogP contribution in [0.4, 0.5) is 19.2 Å². The quantitative estimate of drug-likeness (QED) is 0.774. The highest BCUT2D eigenvalue weighted by molar-refractivity contribution is 6.30. The second kappa shape index (κ2) is 8.36. The number of anilines is 1. The summed E-state index contributed by atoms with van der Waals surface area (Å²) >= 11 is 5.84. The molecular formula is C17H18ClF3N4O3. The third-order valence-electron chi connectivity index (χ3n) is 4.17. The number of carbonyl (C=O) groups excluding carboxylic acids is 1. The molecule has 0 unspecified atom stereocenters. The van der Waals surface area contributed by atoms with E-state index < -0.39 is 24.9 Å². The van der Waals surface area contributed by atoms with Crippen molar-refractivity contribution < 1.29 is 27.1 Å². The summed E-state index contributed by atoms with van der Waals surface area (Å²) in [6, 6.07) is 6.18. The predicted octanol–water partition coefficient (Wildman–Crippen LogP) is 3.37. The van der Waals surface area contributed by atoms with Gasteiger partial charge in [0, 0.05) is 23.7 Å². The zero-order chi connectivity index (χ0) is 20.3. The topological polar surface area (TPSA) is 80.5 Å². The normalized spacial score (nSPS) is 18.3. The lowest BCUT2D eigenvalue weighted by Gasteiger charge is -2.21. The standard InChI is InChI=1S/C17H18ClF3N4O3/c1-10(15(26)25-7-6-13(8-25)27-9-17(19,20)21)22-16-24-23-14(28-16)11-2-4-12(18)5-3-11/h2-5,10,13H,6-9H2,1H3,(H,22,24)/t10-,13-/m1/s1. The minimum Gasteiger partial charge on any atom is -0.403 e. The summed E-state index contributed by atoms with van der Waals surface area (Å²) in [4.78, 5) is 13.9. The maximum atomic E-state index is 12.5. The maximum Gasteiger partial charge on any atom is 0.411 e. The summed E-state index contributed by atoms with van der Waals surface area (Å²) in [6.07, 6.45) is -4.65. The van der Waals surface area contributed by atoms with Gasteiger partial charge >= 0.3 is 12.2 Å². The molecule has 1 aromatic heterocycles. The Kier molecular flexibility index (Phi) is 6.09. The Morgan fingerprint density at radius 1 is 1.39 bits per heavy atom. The van der Waals surface area contributed by atoms with Crippen molar-refractivity contribution in [1.29, 1.82) is 0 Å². The number of hydrogen-bond donors (Lipinski definition) is 1. The van der Waals surface area contributed by atoms with Gasteiger partial charge in [0.05, 0.1) is 6.10 Å². The number of benzene rings is 1. The first-order valence-corrected chi connectivity index (χ1v) is 8.92. The third-order valence-corrected chi connectivity index (χ3v) is 4.42. The number of ether oxygens (including phenoxy) is 1. The van der Waals surface area contributed by atoms with Gasteiger partial charge in [0.15, 0.2) is 0 Å². The summed E-state index contributed by atoms with van der Waals surface area (Å²) in [6.45, 7) is 0.732. The molecule has 1 N–H and O–H groups in total. The van der Waals surface area contributed by atoms with Crippen molar-refractivity contribution in [1.82, 2.24) is 15.1 Å². The monoisotopic (exact) mass is 418 g/mol. The van der Waals surface area contributed by atoms with Crippen LogP contribution in [-0.2, 0) is 9.53 Å². The van der Waals surface area contributed by atoms with E-state index in [1.165, 1.54) is 4.90 Å². The molecule has 7 nitrogen and oxygen atoms in total. The molecule has 0 bridgehead atoms. The Morgan fingerprint density at radius 2 is 2.11 bits per heavy atom. The molecule has 11 heteroatoms. The van der Waals surface area contributed by atoms with E-state index in [1.807, 2.05) is 0 Å². The van der Waals surface area contributed by atoms with Crippen LogP contribution in [0.2, 0.25) is 5.02 Å². The molecule has 1 aromatic carbocycles. The van der Waals surface area contributed by atoms with Crippen LogP contribution < -0.4 is 5.32 Å². The smallest absolute Gasteiger partial charge is 0.403 e. The Balaban J connectivity index is 1.53. The van der Waals surface area contributed by atoms with Crippen LogP contribution in [0.15, 0.2) is 28.7 Å². The zero-order valence-electron chi connectivity index (χ0n) is 14.9. The highest BCUT2D eigenvalue weighted by Gasteiger charge is 2.34. The SMILES string of the molecule is C[C@@H](Nc1nnc(-c2ccc(Cl)cc2)o1)C(=O)N1CC[C@@H](OCC(F)(F)F)C1. The van der Waals surface area contributed by atoms with E-state index in [0.29, 0.717) is 23.6 Å². The number of carbonyl (C=O) groups is 1. The second-order valence-electron chi connectivity index (χ2n) is 6.41. The van der Waals surface area contributed by atoms with Crippen molar-refractivity contribution in [2.45, 2.75) is 31.7 Å². The lowest BCUT2D eigenvalue weighted by Crippen LogP contribution is -2.40. The van der Waals surface area contributed by atoms with E-state index in [9.17, 15) is 18.0 Å². The Bertz CT molecular complexity index is 813. The van der Waals surface area contributed by atoms with Crippen molar-refractivity contribution in [3.63, 3.8) is 0 Å². The average Bonchev–Trinajstić information content (AvgIpc) is 3.29. The Morgan fingerprint density at radius 3 is 2.79 bits per heavy atom. The molecule has 2 heterocycles. The van der Waals surface area contributed by atoms with E-state index in [0.717, 1.165) is 0 Å². The highest BCUT2D eigenvalue weighted by Crippen LogP contribution is 2.23. The largest absolute Gasteiger partial charge is 0.411 e. The number of amides is 1.